The highest BCUT2D eigenvalue weighted by Crippen LogP contribution is 2.17. The Morgan fingerprint density at radius 3 is 2.26 bits per heavy atom. The molecule has 1 saturated heterocycles. The summed E-state index contributed by atoms with van der Waals surface area (Å²) in [6.07, 6.45) is 0. The fourth-order valence-electron chi connectivity index (χ4n) is 3.00. The molecule has 0 aromatic heterocycles. The smallest absolute Gasteiger partial charge is 0.252 e. The average Bonchev–Trinajstić information content (AvgIpc) is 2.69. The number of halogens is 1. The maximum atomic E-state index is 12.6. The van der Waals surface area contributed by atoms with E-state index < -0.39 is 10.0 Å². The number of piperazine rings is 1. The molecule has 27 heavy (non-hydrogen) atoms. The third-order valence-electron chi connectivity index (χ3n) is 4.54. The lowest BCUT2D eigenvalue weighted by Crippen LogP contribution is -2.50. The van der Waals surface area contributed by atoms with Crippen LogP contribution in [0.2, 0.25) is 5.02 Å². The summed E-state index contributed by atoms with van der Waals surface area (Å²) in [7, 11) is -3.44. The fourth-order valence-corrected chi connectivity index (χ4v) is 4.67. The van der Waals surface area contributed by atoms with Gasteiger partial charge in [0.05, 0.1) is 15.5 Å². The Morgan fingerprint density at radius 2 is 1.59 bits per heavy atom. The van der Waals surface area contributed by atoms with Crippen LogP contribution in [-0.2, 0) is 10.0 Å². The Morgan fingerprint density at radius 1 is 0.963 bits per heavy atom. The number of carbonyl (C=O) groups excluding carboxylic acids is 1. The van der Waals surface area contributed by atoms with Crippen molar-refractivity contribution >= 4 is 27.5 Å². The number of nitrogens with one attached hydrogen (secondary N) is 1. The van der Waals surface area contributed by atoms with E-state index in [1.165, 1.54) is 4.31 Å². The van der Waals surface area contributed by atoms with Crippen LogP contribution in [0, 0.1) is 0 Å². The second kappa shape index (κ2) is 8.84. The zero-order chi connectivity index (χ0) is 19.3. The van der Waals surface area contributed by atoms with Crippen LogP contribution < -0.4 is 5.32 Å². The molecule has 1 amide bonds. The molecule has 144 valence electrons. The normalized spacial score (nSPS) is 16.2. The lowest BCUT2D eigenvalue weighted by atomic mass is 10.2. The first-order valence-electron chi connectivity index (χ1n) is 8.79. The third kappa shape index (κ3) is 4.87. The zero-order valence-corrected chi connectivity index (χ0v) is 16.4. The average molecular weight is 408 g/mol. The molecule has 0 spiro atoms. The molecule has 0 aliphatic carbocycles. The summed E-state index contributed by atoms with van der Waals surface area (Å²) >= 11 is 6.02. The van der Waals surface area contributed by atoms with Gasteiger partial charge in [-0.15, -0.1) is 0 Å². The molecule has 1 aliphatic heterocycles. The van der Waals surface area contributed by atoms with Gasteiger partial charge in [0.2, 0.25) is 10.0 Å². The second-order valence-electron chi connectivity index (χ2n) is 6.29. The summed E-state index contributed by atoms with van der Waals surface area (Å²) in [6.45, 7) is 3.29. The van der Waals surface area contributed by atoms with E-state index in [0.29, 0.717) is 54.8 Å². The number of sulfonamides is 1. The summed E-state index contributed by atoms with van der Waals surface area (Å²) in [5.41, 5.74) is 0.456. The predicted octanol–water partition coefficient (Wildman–Crippen LogP) is 2.08. The van der Waals surface area contributed by atoms with E-state index in [1.54, 1.807) is 54.6 Å². The summed E-state index contributed by atoms with van der Waals surface area (Å²) in [6, 6.07) is 15.4. The molecule has 1 N–H and O–H groups in total. The van der Waals surface area contributed by atoms with E-state index in [1.807, 2.05) is 0 Å². The largest absolute Gasteiger partial charge is 0.351 e. The summed E-state index contributed by atoms with van der Waals surface area (Å²) in [5.74, 6) is -0.203. The molecule has 0 saturated carbocycles. The minimum absolute atomic E-state index is 0.203. The molecule has 0 bridgehead atoms. The highest BCUT2D eigenvalue weighted by atomic mass is 35.5. The van der Waals surface area contributed by atoms with Crippen LogP contribution in [0.1, 0.15) is 10.4 Å². The van der Waals surface area contributed by atoms with Crippen LogP contribution in [0.25, 0.3) is 0 Å². The number of benzene rings is 2. The van der Waals surface area contributed by atoms with Crippen molar-refractivity contribution < 1.29 is 13.2 Å². The van der Waals surface area contributed by atoms with Crippen LogP contribution in [0.5, 0.6) is 0 Å². The topological polar surface area (TPSA) is 69.7 Å². The van der Waals surface area contributed by atoms with Crippen LogP contribution in [0.15, 0.2) is 59.5 Å². The van der Waals surface area contributed by atoms with Gasteiger partial charge in [-0.2, -0.15) is 4.31 Å². The first kappa shape index (κ1) is 19.8. The van der Waals surface area contributed by atoms with Crippen molar-refractivity contribution in [1.82, 2.24) is 14.5 Å². The Bertz CT molecular complexity index is 882. The van der Waals surface area contributed by atoms with Gasteiger partial charge in [0.15, 0.2) is 0 Å². The van der Waals surface area contributed by atoms with Crippen molar-refractivity contribution in [2.24, 2.45) is 0 Å². The number of carbonyl (C=O) groups is 1. The van der Waals surface area contributed by atoms with Gasteiger partial charge in [-0.05, 0) is 24.3 Å². The van der Waals surface area contributed by atoms with Gasteiger partial charge in [0.1, 0.15) is 0 Å². The number of hydrogen-bond acceptors (Lipinski definition) is 4. The van der Waals surface area contributed by atoms with Crippen molar-refractivity contribution in [3.63, 3.8) is 0 Å². The van der Waals surface area contributed by atoms with Gasteiger partial charge in [-0.1, -0.05) is 41.9 Å². The van der Waals surface area contributed by atoms with E-state index in [-0.39, 0.29) is 5.91 Å². The number of rotatable bonds is 6. The Kier molecular flexibility index (Phi) is 6.49. The second-order valence-corrected chi connectivity index (χ2v) is 8.64. The lowest BCUT2D eigenvalue weighted by Gasteiger charge is -2.33. The van der Waals surface area contributed by atoms with Crippen LogP contribution in [0.4, 0.5) is 0 Å². The molecule has 2 aromatic carbocycles. The van der Waals surface area contributed by atoms with Gasteiger partial charge >= 0.3 is 0 Å². The quantitative estimate of drug-likeness (QED) is 0.795. The minimum atomic E-state index is -3.44. The first-order valence-corrected chi connectivity index (χ1v) is 10.6. The molecule has 1 aliphatic rings. The minimum Gasteiger partial charge on any atom is -0.351 e. The van der Waals surface area contributed by atoms with Crippen LogP contribution >= 0.6 is 11.6 Å². The van der Waals surface area contributed by atoms with Gasteiger partial charge in [-0.3, -0.25) is 9.69 Å². The number of hydrogen-bond donors (Lipinski definition) is 1. The van der Waals surface area contributed by atoms with E-state index in [4.69, 9.17) is 11.6 Å². The van der Waals surface area contributed by atoms with E-state index in [9.17, 15) is 13.2 Å². The van der Waals surface area contributed by atoms with Gasteiger partial charge in [-0.25, -0.2) is 8.42 Å². The van der Waals surface area contributed by atoms with Crippen LogP contribution in [-0.4, -0.2) is 62.8 Å². The molecular weight excluding hydrogens is 386 g/mol. The highest BCUT2D eigenvalue weighted by molar-refractivity contribution is 7.89. The van der Waals surface area contributed by atoms with Crippen LogP contribution in [0.3, 0.4) is 0 Å². The maximum Gasteiger partial charge on any atom is 0.252 e. The molecule has 1 heterocycles. The Labute approximate surface area is 164 Å². The number of amides is 1. The molecule has 0 radical (unpaired) electrons. The Hall–Kier alpha value is -1.93. The zero-order valence-electron chi connectivity index (χ0n) is 14.8. The highest BCUT2D eigenvalue weighted by Gasteiger charge is 2.28. The van der Waals surface area contributed by atoms with Crippen molar-refractivity contribution in [1.29, 1.82) is 0 Å². The maximum absolute atomic E-state index is 12.6. The number of nitrogens with zero attached hydrogens (tertiary/aromatic N) is 2. The predicted molar refractivity (Wildman–Crippen MR) is 105 cm³/mol. The summed E-state index contributed by atoms with van der Waals surface area (Å²) in [4.78, 5) is 14.6. The molecular formula is C19H22ClN3O3S. The summed E-state index contributed by atoms with van der Waals surface area (Å²) in [5, 5.41) is 3.28. The molecule has 0 unspecified atom stereocenters. The monoisotopic (exact) mass is 407 g/mol. The van der Waals surface area contributed by atoms with Gasteiger partial charge in [0, 0.05) is 39.3 Å². The van der Waals surface area contributed by atoms with Crippen molar-refractivity contribution in [2.75, 3.05) is 39.3 Å². The summed E-state index contributed by atoms with van der Waals surface area (Å²) < 4.78 is 26.8. The molecule has 2 aromatic rings. The fraction of sp³-hybridized carbons (Fsp3) is 0.316. The SMILES string of the molecule is O=C(NCCN1CCN(S(=O)(=O)c2ccccc2)CC1)c1ccccc1Cl. The molecule has 3 rings (SSSR count). The van der Waals surface area contributed by atoms with E-state index >= 15 is 0 Å². The molecule has 0 atom stereocenters. The van der Waals surface area contributed by atoms with E-state index in [0.717, 1.165) is 0 Å². The molecule has 1 fully saturated rings. The third-order valence-corrected chi connectivity index (χ3v) is 6.79. The Balaban J connectivity index is 1.46. The van der Waals surface area contributed by atoms with Gasteiger partial charge in [0.25, 0.3) is 5.91 Å². The van der Waals surface area contributed by atoms with Crippen molar-refractivity contribution in [3.05, 3.63) is 65.2 Å². The lowest BCUT2D eigenvalue weighted by molar-refractivity contribution is 0.0945. The van der Waals surface area contributed by atoms with Crippen molar-refractivity contribution in [2.45, 2.75) is 4.90 Å². The standard InChI is InChI=1S/C19H22ClN3O3S/c20-18-9-5-4-8-17(18)19(24)21-10-11-22-12-14-23(15-13-22)27(25,26)16-6-2-1-3-7-16/h1-9H,10-15H2,(H,21,24). The first-order chi connectivity index (χ1) is 13.0. The molecule has 6 nitrogen and oxygen atoms in total. The van der Waals surface area contributed by atoms with Gasteiger partial charge < -0.3 is 5.32 Å². The molecule has 8 heteroatoms. The van der Waals surface area contributed by atoms with Crippen molar-refractivity contribution in [3.8, 4) is 0 Å². The van der Waals surface area contributed by atoms with E-state index in [2.05, 4.69) is 10.2 Å².